The standard InChI is InChI=1S/C13H14O4/c1-2-12(14)9-6-10-16-17-13(15)11-7-4-3-5-8-11/h2-5,7-8H,1,6,9-10H2. The minimum atomic E-state index is -0.541. The van der Waals surface area contributed by atoms with E-state index in [1.165, 1.54) is 6.08 Å². The summed E-state index contributed by atoms with van der Waals surface area (Å²) < 4.78 is 0. The van der Waals surface area contributed by atoms with Crippen molar-refractivity contribution in [1.29, 1.82) is 0 Å². The van der Waals surface area contributed by atoms with Crippen LogP contribution in [0.5, 0.6) is 0 Å². The van der Waals surface area contributed by atoms with Crippen molar-refractivity contribution in [2.75, 3.05) is 6.61 Å². The Balaban J connectivity index is 2.17. The SMILES string of the molecule is C=CC(=O)CCCOOC(=O)c1ccccc1. The molecule has 0 saturated carbocycles. The van der Waals surface area contributed by atoms with Crippen LogP contribution in [0.2, 0.25) is 0 Å². The Morgan fingerprint density at radius 2 is 1.94 bits per heavy atom. The number of hydrogen-bond donors (Lipinski definition) is 0. The van der Waals surface area contributed by atoms with Crippen molar-refractivity contribution in [3.8, 4) is 0 Å². The minimum absolute atomic E-state index is 0.0528. The molecule has 4 nitrogen and oxygen atoms in total. The molecule has 0 aromatic heterocycles. The van der Waals surface area contributed by atoms with Crippen LogP contribution in [0.3, 0.4) is 0 Å². The molecule has 17 heavy (non-hydrogen) atoms. The van der Waals surface area contributed by atoms with Gasteiger partial charge in [-0.15, -0.1) is 0 Å². The fraction of sp³-hybridized carbons (Fsp3) is 0.231. The molecular formula is C13H14O4. The van der Waals surface area contributed by atoms with E-state index in [0.29, 0.717) is 18.4 Å². The average molecular weight is 234 g/mol. The monoisotopic (exact) mass is 234 g/mol. The smallest absolute Gasteiger partial charge is 0.295 e. The van der Waals surface area contributed by atoms with Gasteiger partial charge in [0, 0.05) is 6.42 Å². The van der Waals surface area contributed by atoms with Crippen LogP contribution in [0.15, 0.2) is 43.0 Å². The molecular weight excluding hydrogens is 220 g/mol. The summed E-state index contributed by atoms with van der Waals surface area (Å²) >= 11 is 0. The van der Waals surface area contributed by atoms with Crippen LogP contribution < -0.4 is 0 Å². The van der Waals surface area contributed by atoms with Crippen molar-refractivity contribution in [2.45, 2.75) is 12.8 Å². The maximum absolute atomic E-state index is 11.4. The first kappa shape index (κ1) is 13.1. The molecule has 0 spiro atoms. The van der Waals surface area contributed by atoms with Crippen molar-refractivity contribution in [3.63, 3.8) is 0 Å². The number of carbonyl (C=O) groups excluding carboxylic acids is 2. The molecule has 0 heterocycles. The normalized spacial score (nSPS) is 9.65. The molecule has 0 amide bonds. The highest BCUT2D eigenvalue weighted by atomic mass is 17.2. The highest BCUT2D eigenvalue weighted by molar-refractivity contribution is 5.89. The largest absolute Gasteiger partial charge is 0.373 e. The average Bonchev–Trinajstić information content (AvgIpc) is 2.38. The number of carbonyl (C=O) groups is 2. The van der Waals surface area contributed by atoms with Crippen LogP contribution in [0.1, 0.15) is 23.2 Å². The van der Waals surface area contributed by atoms with E-state index in [1.807, 2.05) is 0 Å². The molecule has 0 bridgehead atoms. The van der Waals surface area contributed by atoms with E-state index in [2.05, 4.69) is 11.5 Å². The second-order valence-electron chi connectivity index (χ2n) is 3.33. The van der Waals surface area contributed by atoms with Gasteiger partial charge in [-0.3, -0.25) is 9.68 Å². The molecule has 4 heteroatoms. The molecule has 0 atom stereocenters. The van der Waals surface area contributed by atoms with Crippen LogP contribution in [-0.4, -0.2) is 18.4 Å². The third-order valence-corrected chi connectivity index (χ3v) is 2.02. The van der Waals surface area contributed by atoms with Crippen molar-refractivity contribution < 1.29 is 19.4 Å². The van der Waals surface area contributed by atoms with Gasteiger partial charge in [-0.05, 0) is 24.6 Å². The Bertz CT molecular complexity index is 384. The summed E-state index contributed by atoms with van der Waals surface area (Å²) in [6, 6.07) is 8.54. The zero-order chi connectivity index (χ0) is 12.5. The maximum atomic E-state index is 11.4. The van der Waals surface area contributed by atoms with Gasteiger partial charge in [0.1, 0.15) is 0 Å². The molecule has 0 aliphatic rings. The number of rotatable bonds is 7. The fourth-order valence-corrected chi connectivity index (χ4v) is 1.12. The second kappa shape index (κ2) is 7.35. The molecule has 1 aromatic rings. The molecule has 0 saturated heterocycles. The Labute approximate surface area is 99.8 Å². The first-order valence-electron chi connectivity index (χ1n) is 5.28. The highest BCUT2D eigenvalue weighted by Gasteiger charge is 2.06. The van der Waals surface area contributed by atoms with Gasteiger partial charge in [0.25, 0.3) is 0 Å². The predicted octanol–water partition coefficient (Wildman–Crippen LogP) is 2.31. The number of allylic oxidation sites excluding steroid dienone is 1. The lowest BCUT2D eigenvalue weighted by Crippen LogP contribution is -2.07. The summed E-state index contributed by atoms with van der Waals surface area (Å²) in [5, 5.41) is 0. The van der Waals surface area contributed by atoms with E-state index in [1.54, 1.807) is 30.3 Å². The Morgan fingerprint density at radius 3 is 2.59 bits per heavy atom. The first-order chi connectivity index (χ1) is 8.24. The van der Waals surface area contributed by atoms with Crippen molar-refractivity contribution in [3.05, 3.63) is 48.6 Å². The molecule has 1 rings (SSSR count). The van der Waals surface area contributed by atoms with E-state index in [0.717, 1.165) is 0 Å². The summed E-state index contributed by atoms with van der Waals surface area (Å²) in [5.41, 5.74) is 0.426. The molecule has 1 aromatic carbocycles. The summed E-state index contributed by atoms with van der Waals surface area (Å²) in [5.74, 6) is -0.594. The minimum Gasteiger partial charge on any atom is -0.295 e. The number of hydrogen-bond acceptors (Lipinski definition) is 4. The van der Waals surface area contributed by atoms with Gasteiger partial charge >= 0.3 is 5.97 Å². The molecule has 0 aliphatic heterocycles. The maximum Gasteiger partial charge on any atom is 0.373 e. The van der Waals surface area contributed by atoms with Crippen LogP contribution in [0, 0.1) is 0 Å². The number of benzene rings is 1. The Hall–Kier alpha value is -1.94. The lowest BCUT2D eigenvalue weighted by atomic mass is 10.2. The van der Waals surface area contributed by atoms with E-state index >= 15 is 0 Å². The lowest BCUT2D eigenvalue weighted by Gasteiger charge is -2.02. The third kappa shape index (κ3) is 5.08. The molecule has 0 aliphatic carbocycles. The molecule has 0 N–H and O–H groups in total. The zero-order valence-electron chi connectivity index (χ0n) is 9.43. The van der Waals surface area contributed by atoms with Gasteiger partial charge in [-0.2, -0.15) is 4.89 Å². The Kier molecular flexibility index (Phi) is 5.68. The van der Waals surface area contributed by atoms with Crippen molar-refractivity contribution >= 4 is 11.8 Å². The van der Waals surface area contributed by atoms with Crippen LogP contribution in [0.25, 0.3) is 0 Å². The predicted molar refractivity (Wildman–Crippen MR) is 62.2 cm³/mol. The van der Waals surface area contributed by atoms with E-state index in [-0.39, 0.29) is 12.4 Å². The van der Waals surface area contributed by atoms with Gasteiger partial charge in [-0.1, -0.05) is 24.8 Å². The van der Waals surface area contributed by atoms with Crippen molar-refractivity contribution in [1.82, 2.24) is 0 Å². The van der Waals surface area contributed by atoms with E-state index in [4.69, 9.17) is 4.89 Å². The van der Waals surface area contributed by atoms with Gasteiger partial charge in [0.15, 0.2) is 5.78 Å². The van der Waals surface area contributed by atoms with Gasteiger partial charge in [0.2, 0.25) is 0 Å². The number of ketones is 1. The molecule has 0 unspecified atom stereocenters. The summed E-state index contributed by atoms with van der Waals surface area (Å²) in [6.45, 7) is 3.54. The highest BCUT2D eigenvalue weighted by Crippen LogP contribution is 2.02. The molecule has 90 valence electrons. The van der Waals surface area contributed by atoms with Crippen LogP contribution >= 0.6 is 0 Å². The Morgan fingerprint density at radius 1 is 1.24 bits per heavy atom. The van der Waals surface area contributed by atoms with Crippen LogP contribution in [0.4, 0.5) is 0 Å². The van der Waals surface area contributed by atoms with E-state index < -0.39 is 5.97 Å². The first-order valence-corrected chi connectivity index (χ1v) is 5.28. The van der Waals surface area contributed by atoms with Gasteiger partial charge in [0.05, 0.1) is 12.2 Å². The van der Waals surface area contributed by atoms with E-state index in [9.17, 15) is 9.59 Å². The lowest BCUT2D eigenvalue weighted by molar-refractivity contribution is -0.241. The summed E-state index contributed by atoms with van der Waals surface area (Å²) in [7, 11) is 0. The fourth-order valence-electron chi connectivity index (χ4n) is 1.12. The quantitative estimate of drug-likeness (QED) is 0.314. The van der Waals surface area contributed by atoms with Crippen molar-refractivity contribution in [2.24, 2.45) is 0 Å². The second-order valence-corrected chi connectivity index (χ2v) is 3.33. The third-order valence-electron chi connectivity index (χ3n) is 2.02. The zero-order valence-corrected chi connectivity index (χ0v) is 9.43. The molecule has 0 fully saturated rings. The molecule has 0 radical (unpaired) electrons. The van der Waals surface area contributed by atoms with Gasteiger partial charge in [-0.25, -0.2) is 4.79 Å². The van der Waals surface area contributed by atoms with Crippen LogP contribution in [-0.2, 0) is 14.6 Å². The summed E-state index contributed by atoms with van der Waals surface area (Å²) in [6.07, 6.45) is 2.09. The topological polar surface area (TPSA) is 52.6 Å². The summed E-state index contributed by atoms with van der Waals surface area (Å²) in [4.78, 5) is 31.5. The van der Waals surface area contributed by atoms with Gasteiger partial charge < -0.3 is 0 Å².